The molecule has 1 aliphatic heterocycles. The Bertz CT molecular complexity index is 2190. The molecule has 0 saturated heterocycles. The molecular weight excluding hydrogens is 667 g/mol. The standard InChI is InChI=1S/C18H14Cl2O7.C17H14O4/c1-5-9-16(11(20)13(22)10(5)19)26-14-6(2)8(17(23)25-4)12(21)7(3)15(14)27-18(9)24;1-19-12-5-3-4-11(8-12)16-10-15(18)14-7-6-13(20-2)9-17(14)21-16/h21-22H,1-4H3;3-10H,1-2H3. The van der Waals surface area contributed by atoms with Crippen LogP contribution in [0.3, 0.4) is 0 Å². The van der Waals surface area contributed by atoms with E-state index in [0.717, 1.165) is 5.56 Å². The van der Waals surface area contributed by atoms with Crippen molar-refractivity contribution in [1.82, 2.24) is 0 Å². The van der Waals surface area contributed by atoms with Crippen molar-refractivity contribution >= 4 is 46.1 Å². The maximum Gasteiger partial charge on any atom is 0.347 e. The summed E-state index contributed by atoms with van der Waals surface area (Å²) in [6.45, 7) is 4.43. The van der Waals surface area contributed by atoms with E-state index >= 15 is 0 Å². The third-order valence-corrected chi connectivity index (χ3v) is 8.50. The van der Waals surface area contributed by atoms with Crippen molar-refractivity contribution in [2.75, 3.05) is 21.3 Å². The van der Waals surface area contributed by atoms with E-state index in [1.165, 1.54) is 33.9 Å². The van der Waals surface area contributed by atoms with Crippen LogP contribution in [0.2, 0.25) is 10.0 Å². The van der Waals surface area contributed by atoms with Gasteiger partial charge < -0.3 is 38.3 Å². The molecule has 2 N–H and O–H groups in total. The van der Waals surface area contributed by atoms with E-state index in [-0.39, 0.29) is 60.5 Å². The highest BCUT2D eigenvalue weighted by molar-refractivity contribution is 6.39. The lowest BCUT2D eigenvalue weighted by atomic mass is 10.0. The predicted molar refractivity (Wildman–Crippen MR) is 178 cm³/mol. The summed E-state index contributed by atoms with van der Waals surface area (Å²) in [6, 6.07) is 14.0. The molecule has 11 nitrogen and oxygen atoms in total. The van der Waals surface area contributed by atoms with Crippen LogP contribution in [0.5, 0.6) is 40.2 Å². The van der Waals surface area contributed by atoms with Crippen LogP contribution in [0, 0.1) is 20.8 Å². The van der Waals surface area contributed by atoms with Crippen LogP contribution in [0.25, 0.3) is 22.3 Å². The normalized spacial score (nSPS) is 11.6. The van der Waals surface area contributed by atoms with E-state index in [4.69, 9.17) is 51.3 Å². The monoisotopic (exact) mass is 694 g/mol. The van der Waals surface area contributed by atoms with E-state index in [1.54, 1.807) is 32.4 Å². The average Bonchev–Trinajstić information content (AvgIpc) is 3.25. The number of hydrogen-bond acceptors (Lipinski definition) is 11. The number of phenols is 2. The van der Waals surface area contributed by atoms with E-state index < -0.39 is 23.4 Å². The summed E-state index contributed by atoms with van der Waals surface area (Å²) in [5, 5.41) is 20.6. The number of hydrogen-bond donors (Lipinski definition) is 2. The van der Waals surface area contributed by atoms with Gasteiger partial charge in [-0.3, -0.25) is 4.79 Å². The Labute approximate surface area is 283 Å². The minimum Gasteiger partial charge on any atom is -0.507 e. The number of esters is 2. The molecule has 248 valence electrons. The molecule has 0 fully saturated rings. The smallest absolute Gasteiger partial charge is 0.347 e. The summed E-state index contributed by atoms with van der Waals surface area (Å²) in [6.07, 6.45) is 0. The molecule has 6 rings (SSSR count). The van der Waals surface area contributed by atoms with Gasteiger partial charge in [-0.05, 0) is 50.6 Å². The molecule has 0 aliphatic carbocycles. The van der Waals surface area contributed by atoms with Crippen molar-refractivity contribution in [2.45, 2.75) is 20.8 Å². The van der Waals surface area contributed by atoms with Crippen LogP contribution < -0.4 is 24.4 Å². The maximum atomic E-state index is 12.7. The van der Waals surface area contributed by atoms with Crippen LogP contribution in [-0.2, 0) is 4.74 Å². The van der Waals surface area contributed by atoms with Gasteiger partial charge in [-0.2, -0.15) is 0 Å². The lowest BCUT2D eigenvalue weighted by Crippen LogP contribution is -2.11. The SMILES string of the molecule is COC(=O)c1c(C)c2c(c(C)c1O)OC(=O)c1c(C)c(Cl)c(O)c(Cl)c1O2.COc1cccc(-c2cc(=O)c3ccc(OC)cc3o2)c1. The highest BCUT2D eigenvalue weighted by atomic mass is 35.5. The molecule has 0 bridgehead atoms. The van der Waals surface area contributed by atoms with Gasteiger partial charge in [0.1, 0.15) is 44.7 Å². The van der Waals surface area contributed by atoms with E-state index in [9.17, 15) is 24.6 Å². The van der Waals surface area contributed by atoms with Gasteiger partial charge in [-0.1, -0.05) is 35.3 Å². The molecule has 5 aromatic rings. The fraction of sp³-hybridized carbons (Fsp3) is 0.171. The second-order valence-corrected chi connectivity index (χ2v) is 11.2. The van der Waals surface area contributed by atoms with Crippen LogP contribution in [-0.4, -0.2) is 43.5 Å². The summed E-state index contributed by atoms with van der Waals surface area (Å²) < 4.78 is 32.1. The van der Waals surface area contributed by atoms with Gasteiger partial charge in [0.25, 0.3) is 0 Å². The van der Waals surface area contributed by atoms with Crippen LogP contribution in [0.4, 0.5) is 0 Å². The number of aromatic hydroxyl groups is 2. The first-order valence-corrected chi connectivity index (χ1v) is 14.9. The third-order valence-electron chi connectivity index (χ3n) is 7.68. The molecule has 0 spiro atoms. The van der Waals surface area contributed by atoms with Gasteiger partial charge in [0, 0.05) is 28.8 Å². The van der Waals surface area contributed by atoms with Crippen LogP contribution in [0.1, 0.15) is 37.4 Å². The van der Waals surface area contributed by atoms with Crippen LogP contribution in [0.15, 0.2) is 57.7 Å². The number of ether oxygens (including phenoxy) is 5. The summed E-state index contributed by atoms with van der Waals surface area (Å²) >= 11 is 12.2. The van der Waals surface area contributed by atoms with Gasteiger partial charge in [0.05, 0.1) is 31.7 Å². The fourth-order valence-electron chi connectivity index (χ4n) is 5.06. The van der Waals surface area contributed by atoms with Crippen molar-refractivity contribution in [3.63, 3.8) is 0 Å². The second-order valence-electron chi connectivity index (χ2n) is 10.5. The Balaban J connectivity index is 0.000000194. The molecule has 48 heavy (non-hydrogen) atoms. The zero-order valence-corrected chi connectivity index (χ0v) is 28.0. The minimum absolute atomic E-state index is 0.0131. The van der Waals surface area contributed by atoms with E-state index in [1.807, 2.05) is 24.3 Å². The largest absolute Gasteiger partial charge is 0.507 e. The van der Waals surface area contributed by atoms with Crippen molar-refractivity contribution in [2.24, 2.45) is 0 Å². The molecule has 0 unspecified atom stereocenters. The average molecular weight is 696 g/mol. The third kappa shape index (κ3) is 5.94. The van der Waals surface area contributed by atoms with Gasteiger partial charge in [-0.25, -0.2) is 9.59 Å². The van der Waals surface area contributed by atoms with Crippen molar-refractivity contribution in [3.8, 4) is 51.6 Å². The first kappa shape index (κ1) is 34.0. The Morgan fingerprint density at radius 1 is 0.750 bits per heavy atom. The van der Waals surface area contributed by atoms with Gasteiger partial charge in [-0.15, -0.1) is 0 Å². The van der Waals surface area contributed by atoms with E-state index in [0.29, 0.717) is 28.2 Å². The number of fused-ring (bicyclic) bond motifs is 3. The second kappa shape index (κ2) is 13.4. The number of phenolic OH excluding ortho intramolecular Hbond substituents is 2. The van der Waals surface area contributed by atoms with Gasteiger partial charge in [0.2, 0.25) is 0 Å². The van der Waals surface area contributed by atoms with Crippen molar-refractivity contribution in [3.05, 3.63) is 96.6 Å². The summed E-state index contributed by atoms with van der Waals surface area (Å²) in [5.41, 5.74) is 1.47. The molecule has 1 aromatic heterocycles. The molecule has 0 amide bonds. The number of halogens is 2. The number of benzene rings is 4. The lowest BCUT2D eigenvalue weighted by Gasteiger charge is -2.17. The highest BCUT2D eigenvalue weighted by Crippen LogP contribution is 2.52. The Morgan fingerprint density at radius 3 is 2.08 bits per heavy atom. The molecule has 1 aliphatic rings. The molecule has 0 radical (unpaired) electrons. The number of carbonyl (C=O) groups is 2. The Kier molecular flexibility index (Phi) is 9.47. The highest BCUT2D eigenvalue weighted by Gasteiger charge is 2.35. The fourth-order valence-corrected chi connectivity index (χ4v) is 5.53. The number of carbonyl (C=O) groups excluding carboxylic acids is 2. The predicted octanol–water partition coefficient (Wildman–Crippen LogP) is 7.92. The molecule has 4 aromatic carbocycles. The quantitative estimate of drug-likeness (QED) is 0.139. The van der Waals surface area contributed by atoms with E-state index in [2.05, 4.69) is 0 Å². The molecule has 13 heteroatoms. The Hall–Kier alpha value is -5.39. The summed E-state index contributed by atoms with van der Waals surface area (Å²) in [7, 11) is 4.34. The summed E-state index contributed by atoms with van der Waals surface area (Å²) in [4.78, 5) is 37.0. The lowest BCUT2D eigenvalue weighted by molar-refractivity contribution is 0.0596. The molecular formula is C35H28Cl2O11. The zero-order valence-electron chi connectivity index (χ0n) is 26.4. The zero-order chi connectivity index (χ0) is 35.0. The van der Waals surface area contributed by atoms with Gasteiger partial charge >= 0.3 is 11.9 Å². The summed E-state index contributed by atoms with van der Waals surface area (Å²) in [5.74, 6) is -0.880. The topological polar surface area (TPSA) is 151 Å². The molecule has 0 atom stereocenters. The number of rotatable bonds is 4. The first-order chi connectivity index (χ1) is 22.8. The molecule has 2 heterocycles. The maximum absolute atomic E-state index is 12.7. The Morgan fingerprint density at radius 2 is 1.42 bits per heavy atom. The number of methoxy groups -OCH3 is 3. The molecule has 0 saturated carbocycles. The van der Waals surface area contributed by atoms with Crippen molar-refractivity contribution < 1.29 is 47.9 Å². The van der Waals surface area contributed by atoms with Crippen molar-refractivity contribution in [1.29, 1.82) is 0 Å². The first-order valence-electron chi connectivity index (χ1n) is 14.1. The minimum atomic E-state index is -0.835. The van der Waals surface area contributed by atoms with Crippen LogP contribution >= 0.6 is 23.2 Å². The van der Waals surface area contributed by atoms with Gasteiger partial charge in [0.15, 0.2) is 28.4 Å².